The standard InChI is InChI=1S/C14H15N3O3S/c18-17(19)12-8-13-11(7-10(12)9-1-2-9)15-14(21-13)16-3-5-20-6-4-16/h7-9H,1-6H2. The summed E-state index contributed by atoms with van der Waals surface area (Å²) in [7, 11) is 0. The van der Waals surface area contributed by atoms with Gasteiger partial charge in [-0.25, -0.2) is 4.98 Å². The van der Waals surface area contributed by atoms with Gasteiger partial charge in [0.1, 0.15) is 0 Å². The third-order valence-corrected chi connectivity index (χ3v) is 5.10. The van der Waals surface area contributed by atoms with E-state index in [1.54, 1.807) is 6.07 Å². The Morgan fingerprint density at radius 2 is 2.10 bits per heavy atom. The van der Waals surface area contributed by atoms with Gasteiger partial charge < -0.3 is 9.64 Å². The summed E-state index contributed by atoms with van der Waals surface area (Å²) in [5.41, 5.74) is 1.99. The van der Waals surface area contributed by atoms with Crippen LogP contribution in [0, 0.1) is 10.1 Å². The summed E-state index contributed by atoms with van der Waals surface area (Å²) in [6.07, 6.45) is 2.10. The molecule has 2 fully saturated rings. The number of rotatable bonds is 3. The van der Waals surface area contributed by atoms with Crippen molar-refractivity contribution >= 4 is 32.4 Å². The molecule has 1 aliphatic carbocycles. The molecule has 1 saturated heterocycles. The second-order valence-electron chi connectivity index (χ2n) is 5.51. The van der Waals surface area contributed by atoms with Crippen molar-refractivity contribution in [2.45, 2.75) is 18.8 Å². The molecule has 1 aliphatic heterocycles. The second kappa shape index (κ2) is 4.92. The quantitative estimate of drug-likeness (QED) is 0.644. The summed E-state index contributed by atoms with van der Waals surface area (Å²) in [5.74, 6) is 0.350. The van der Waals surface area contributed by atoms with Gasteiger partial charge in [-0.05, 0) is 24.8 Å². The van der Waals surface area contributed by atoms with Gasteiger partial charge >= 0.3 is 0 Å². The van der Waals surface area contributed by atoms with Crippen LogP contribution in [0.3, 0.4) is 0 Å². The number of morpholine rings is 1. The van der Waals surface area contributed by atoms with Crippen LogP contribution in [0.25, 0.3) is 10.2 Å². The molecule has 1 saturated carbocycles. The van der Waals surface area contributed by atoms with Crippen molar-refractivity contribution in [3.05, 3.63) is 27.8 Å². The van der Waals surface area contributed by atoms with Crippen molar-refractivity contribution in [1.29, 1.82) is 0 Å². The molecule has 0 radical (unpaired) electrons. The molecule has 4 rings (SSSR count). The zero-order valence-electron chi connectivity index (χ0n) is 11.4. The summed E-state index contributed by atoms with van der Waals surface area (Å²) >= 11 is 1.53. The van der Waals surface area contributed by atoms with E-state index in [4.69, 9.17) is 4.74 Å². The molecule has 0 bridgehead atoms. The zero-order valence-corrected chi connectivity index (χ0v) is 12.3. The van der Waals surface area contributed by atoms with Crippen LogP contribution in [0.4, 0.5) is 10.8 Å². The lowest BCUT2D eigenvalue weighted by Gasteiger charge is -2.25. The largest absolute Gasteiger partial charge is 0.378 e. The van der Waals surface area contributed by atoms with Crippen LogP contribution < -0.4 is 4.90 Å². The van der Waals surface area contributed by atoms with Crippen LogP contribution in [0.15, 0.2) is 12.1 Å². The molecule has 2 aliphatic rings. The predicted octanol–water partition coefficient (Wildman–Crippen LogP) is 2.92. The van der Waals surface area contributed by atoms with Gasteiger partial charge in [-0.15, -0.1) is 0 Å². The maximum atomic E-state index is 11.3. The molecular weight excluding hydrogens is 290 g/mol. The summed E-state index contributed by atoms with van der Waals surface area (Å²) in [4.78, 5) is 17.9. The molecule has 0 atom stereocenters. The smallest absolute Gasteiger partial charge is 0.274 e. The van der Waals surface area contributed by atoms with Crippen molar-refractivity contribution in [3.8, 4) is 0 Å². The maximum Gasteiger partial charge on any atom is 0.274 e. The second-order valence-corrected chi connectivity index (χ2v) is 6.52. The van der Waals surface area contributed by atoms with Crippen molar-refractivity contribution in [2.75, 3.05) is 31.2 Å². The molecule has 0 amide bonds. The first-order chi connectivity index (χ1) is 10.2. The Hall–Kier alpha value is -1.73. The lowest BCUT2D eigenvalue weighted by molar-refractivity contribution is -0.385. The first-order valence-corrected chi connectivity index (χ1v) is 7.95. The summed E-state index contributed by atoms with van der Waals surface area (Å²) in [6.45, 7) is 3.08. The number of nitro benzene ring substituents is 1. The fraction of sp³-hybridized carbons (Fsp3) is 0.500. The maximum absolute atomic E-state index is 11.3. The minimum Gasteiger partial charge on any atom is -0.378 e. The van der Waals surface area contributed by atoms with Gasteiger partial charge in [-0.2, -0.15) is 0 Å². The average Bonchev–Trinajstić information content (AvgIpc) is 3.26. The Morgan fingerprint density at radius 1 is 1.33 bits per heavy atom. The molecule has 1 aromatic heterocycles. The highest BCUT2D eigenvalue weighted by Crippen LogP contribution is 2.46. The molecule has 2 heterocycles. The molecule has 0 N–H and O–H groups in total. The van der Waals surface area contributed by atoms with E-state index in [2.05, 4.69) is 9.88 Å². The minimum atomic E-state index is -0.263. The molecule has 21 heavy (non-hydrogen) atoms. The zero-order chi connectivity index (χ0) is 14.4. The van der Waals surface area contributed by atoms with E-state index in [0.717, 1.165) is 46.8 Å². The van der Waals surface area contributed by atoms with E-state index >= 15 is 0 Å². The Morgan fingerprint density at radius 3 is 2.76 bits per heavy atom. The van der Waals surface area contributed by atoms with Crippen LogP contribution >= 0.6 is 11.3 Å². The highest BCUT2D eigenvalue weighted by Gasteiger charge is 2.31. The van der Waals surface area contributed by atoms with E-state index in [9.17, 15) is 10.1 Å². The molecule has 0 unspecified atom stereocenters. The monoisotopic (exact) mass is 305 g/mol. The Kier molecular flexibility index (Phi) is 3.04. The van der Waals surface area contributed by atoms with Gasteiger partial charge in [0.05, 0.1) is 28.4 Å². The highest BCUT2D eigenvalue weighted by molar-refractivity contribution is 7.22. The Bertz CT molecular complexity index is 705. The first kappa shape index (κ1) is 13.0. The SMILES string of the molecule is O=[N+]([O-])c1cc2sc(N3CCOCC3)nc2cc1C1CC1. The number of nitrogens with zero attached hydrogens (tertiary/aromatic N) is 3. The third-order valence-electron chi connectivity index (χ3n) is 4.02. The average molecular weight is 305 g/mol. The van der Waals surface area contributed by atoms with E-state index in [0.29, 0.717) is 19.1 Å². The van der Waals surface area contributed by atoms with Crippen molar-refractivity contribution in [1.82, 2.24) is 4.98 Å². The van der Waals surface area contributed by atoms with Crippen molar-refractivity contribution < 1.29 is 9.66 Å². The molecular formula is C14H15N3O3S. The fourth-order valence-electron chi connectivity index (χ4n) is 2.74. The Labute approximate surface area is 125 Å². The van der Waals surface area contributed by atoms with Crippen molar-refractivity contribution in [2.24, 2.45) is 0 Å². The number of thiazole rings is 1. The van der Waals surface area contributed by atoms with Gasteiger partial charge in [0.2, 0.25) is 0 Å². The molecule has 0 spiro atoms. The van der Waals surface area contributed by atoms with Crippen LogP contribution in [0.1, 0.15) is 24.3 Å². The summed E-state index contributed by atoms with van der Waals surface area (Å²) in [5, 5.41) is 12.2. The number of aromatic nitrogens is 1. The number of anilines is 1. The van der Waals surface area contributed by atoms with E-state index < -0.39 is 0 Å². The van der Waals surface area contributed by atoms with Crippen molar-refractivity contribution in [3.63, 3.8) is 0 Å². The Balaban J connectivity index is 1.77. The van der Waals surface area contributed by atoms with E-state index in [1.807, 2.05) is 6.07 Å². The van der Waals surface area contributed by atoms with Crippen LogP contribution in [0.2, 0.25) is 0 Å². The number of benzene rings is 1. The number of fused-ring (bicyclic) bond motifs is 1. The molecule has 7 heteroatoms. The number of ether oxygens (including phenoxy) is 1. The highest BCUT2D eigenvalue weighted by atomic mass is 32.1. The number of hydrogen-bond donors (Lipinski definition) is 0. The van der Waals surface area contributed by atoms with Gasteiger partial charge in [0, 0.05) is 24.7 Å². The lowest BCUT2D eigenvalue weighted by Crippen LogP contribution is -2.36. The topological polar surface area (TPSA) is 68.5 Å². The van der Waals surface area contributed by atoms with Crippen LogP contribution in [0.5, 0.6) is 0 Å². The predicted molar refractivity (Wildman–Crippen MR) is 81.3 cm³/mol. The van der Waals surface area contributed by atoms with Crippen LogP contribution in [-0.4, -0.2) is 36.2 Å². The van der Waals surface area contributed by atoms with Gasteiger partial charge in [0.15, 0.2) is 5.13 Å². The molecule has 2 aromatic rings. The van der Waals surface area contributed by atoms with Crippen LogP contribution in [-0.2, 0) is 4.74 Å². The fourth-order valence-corrected chi connectivity index (χ4v) is 3.77. The van der Waals surface area contributed by atoms with E-state index in [-0.39, 0.29) is 10.6 Å². The third kappa shape index (κ3) is 2.36. The first-order valence-electron chi connectivity index (χ1n) is 7.14. The molecule has 110 valence electrons. The summed E-state index contributed by atoms with van der Waals surface area (Å²) in [6, 6.07) is 3.62. The minimum absolute atomic E-state index is 0.252. The molecule has 1 aromatic carbocycles. The van der Waals surface area contributed by atoms with Gasteiger partial charge in [0.25, 0.3) is 5.69 Å². The summed E-state index contributed by atoms with van der Waals surface area (Å²) < 4.78 is 6.25. The molecule has 6 nitrogen and oxygen atoms in total. The van der Waals surface area contributed by atoms with Gasteiger partial charge in [-0.1, -0.05) is 11.3 Å². The number of nitro groups is 1. The lowest BCUT2D eigenvalue weighted by atomic mass is 10.1. The van der Waals surface area contributed by atoms with E-state index in [1.165, 1.54) is 11.3 Å². The normalized spacial score (nSPS) is 19.1. The van der Waals surface area contributed by atoms with Gasteiger partial charge in [-0.3, -0.25) is 10.1 Å². The number of hydrogen-bond acceptors (Lipinski definition) is 6.